The lowest BCUT2D eigenvalue weighted by atomic mass is 9.98. The number of benzene rings is 2. The zero-order valence-corrected chi connectivity index (χ0v) is 16.6. The first-order valence-corrected chi connectivity index (χ1v) is 9.67. The first kappa shape index (κ1) is 19.8. The average Bonchev–Trinajstić information content (AvgIpc) is 2.68. The summed E-state index contributed by atoms with van der Waals surface area (Å²) in [6.07, 6.45) is 2.82. The highest BCUT2D eigenvalue weighted by molar-refractivity contribution is 5.86. The van der Waals surface area contributed by atoms with Gasteiger partial charge in [-0.05, 0) is 61.2 Å². The molecule has 1 atom stereocenters. The van der Waals surface area contributed by atoms with Crippen LogP contribution in [0.4, 0.5) is 0 Å². The highest BCUT2D eigenvalue weighted by Crippen LogP contribution is 2.13. The Kier molecular flexibility index (Phi) is 6.24. The summed E-state index contributed by atoms with van der Waals surface area (Å²) < 4.78 is 5.40. The molecule has 1 unspecified atom stereocenters. The molecular weight excluding hydrogens is 352 g/mol. The van der Waals surface area contributed by atoms with E-state index in [9.17, 15) is 9.59 Å². The summed E-state index contributed by atoms with van der Waals surface area (Å²) in [5, 5.41) is 4.67. The molecule has 0 fully saturated rings. The lowest BCUT2D eigenvalue weighted by Crippen LogP contribution is -2.37. The van der Waals surface area contributed by atoms with Crippen LogP contribution in [0.3, 0.4) is 0 Å². The van der Waals surface area contributed by atoms with Crippen molar-refractivity contribution in [3.8, 4) is 5.75 Å². The fourth-order valence-corrected chi connectivity index (χ4v) is 3.28. The lowest BCUT2D eigenvalue weighted by molar-refractivity contribution is -0.122. The Morgan fingerprint density at radius 2 is 1.89 bits per heavy atom. The monoisotopic (exact) mass is 378 g/mol. The second-order valence-electron chi connectivity index (χ2n) is 7.06. The highest BCUT2D eigenvalue weighted by Gasteiger charge is 2.19. The zero-order valence-electron chi connectivity index (χ0n) is 16.6. The Labute approximate surface area is 165 Å². The first-order valence-electron chi connectivity index (χ1n) is 9.67. The minimum absolute atomic E-state index is 0.0590. The summed E-state index contributed by atoms with van der Waals surface area (Å²) in [7, 11) is 0. The van der Waals surface area contributed by atoms with Crippen LogP contribution in [0.25, 0.3) is 6.08 Å². The maximum absolute atomic E-state index is 12.3. The van der Waals surface area contributed by atoms with Crippen molar-refractivity contribution < 1.29 is 14.3 Å². The van der Waals surface area contributed by atoms with Crippen LogP contribution in [0.5, 0.6) is 5.75 Å². The zero-order chi connectivity index (χ0) is 20.1. The molecule has 2 aromatic rings. The Bertz CT molecular complexity index is 994. The third-order valence-electron chi connectivity index (χ3n) is 5.03. The molecule has 1 aliphatic heterocycles. The summed E-state index contributed by atoms with van der Waals surface area (Å²) in [4.78, 5) is 28.8. The van der Waals surface area contributed by atoms with Crippen molar-refractivity contribution in [2.45, 2.75) is 33.6 Å². The number of amides is 2. The minimum atomic E-state index is -0.291. The van der Waals surface area contributed by atoms with Gasteiger partial charge in [-0.15, -0.1) is 0 Å². The van der Waals surface area contributed by atoms with Crippen LogP contribution in [0.15, 0.2) is 41.4 Å². The van der Waals surface area contributed by atoms with Gasteiger partial charge in [0, 0.05) is 6.54 Å². The molecule has 0 aliphatic carbocycles. The van der Waals surface area contributed by atoms with E-state index >= 15 is 0 Å². The van der Waals surface area contributed by atoms with Crippen molar-refractivity contribution in [1.82, 2.24) is 5.32 Å². The second kappa shape index (κ2) is 8.83. The molecule has 146 valence electrons. The van der Waals surface area contributed by atoms with Gasteiger partial charge in [-0.1, -0.05) is 30.3 Å². The second-order valence-corrected chi connectivity index (χ2v) is 7.06. The third kappa shape index (κ3) is 4.66. The van der Waals surface area contributed by atoms with Crippen LogP contribution < -0.4 is 20.6 Å². The Balaban J connectivity index is 1.54. The van der Waals surface area contributed by atoms with Crippen LogP contribution in [0.2, 0.25) is 0 Å². The molecule has 2 amide bonds. The summed E-state index contributed by atoms with van der Waals surface area (Å²) in [5.74, 6) is 0.311. The van der Waals surface area contributed by atoms with Gasteiger partial charge in [-0.25, -0.2) is 4.99 Å². The molecule has 3 rings (SSSR count). The van der Waals surface area contributed by atoms with Gasteiger partial charge in [0.2, 0.25) is 5.91 Å². The van der Waals surface area contributed by atoms with Crippen molar-refractivity contribution in [2.75, 3.05) is 13.2 Å². The van der Waals surface area contributed by atoms with Gasteiger partial charge in [-0.3, -0.25) is 9.59 Å². The van der Waals surface area contributed by atoms with Crippen molar-refractivity contribution in [2.24, 2.45) is 10.9 Å². The molecule has 0 saturated carbocycles. The number of aryl methyl sites for hydroxylation is 1. The first-order chi connectivity index (χ1) is 13.5. The van der Waals surface area contributed by atoms with Gasteiger partial charge in [-0.2, -0.15) is 0 Å². The van der Waals surface area contributed by atoms with Gasteiger partial charge in [0.15, 0.2) is 0 Å². The maximum atomic E-state index is 12.3. The van der Waals surface area contributed by atoms with E-state index < -0.39 is 0 Å². The van der Waals surface area contributed by atoms with E-state index in [2.05, 4.69) is 10.3 Å². The number of carbonyl (C=O) groups is 2. The smallest absolute Gasteiger partial charge is 0.253 e. The van der Waals surface area contributed by atoms with Crippen molar-refractivity contribution >= 4 is 17.9 Å². The normalized spacial score (nSPS) is 15.2. The lowest BCUT2D eigenvalue weighted by Gasteiger charge is -2.14. The minimum Gasteiger partial charge on any atom is -0.494 e. The Hall–Kier alpha value is -2.95. The number of rotatable bonds is 7. The molecule has 0 spiro atoms. The van der Waals surface area contributed by atoms with E-state index in [1.165, 1.54) is 0 Å². The summed E-state index contributed by atoms with van der Waals surface area (Å²) in [6, 6.07) is 11.6. The topological polar surface area (TPSA) is 67.8 Å². The van der Waals surface area contributed by atoms with Crippen LogP contribution in [-0.2, 0) is 16.0 Å². The van der Waals surface area contributed by atoms with Crippen molar-refractivity contribution in [1.29, 1.82) is 0 Å². The predicted molar refractivity (Wildman–Crippen MR) is 109 cm³/mol. The number of carbonyl (C=O) groups excluding carboxylic acids is 2. The standard InChI is InChI=1S/C23H26N2O3/c1-4-28-20-9-6-17(7-10-20)13-21(26)24-12-11-19-14-18-8-5-15(2)16(3)22(18)25-23(19)27/h5-10,14,19H,4,11-13H2,1-3H3,(H,24,26). The molecule has 0 bridgehead atoms. The summed E-state index contributed by atoms with van der Waals surface area (Å²) in [6.45, 7) is 7.00. The molecule has 5 nitrogen and oxygen atoms in total. The van der Waals surface area contributed by atoms with Crippen LogP contribution >= 0.6 is 0 Å². The van der Waals surface area contributed by atoms with Gasteiger partial charge in [0.25, 0.3) is 5.91 Å². The maximum Gasteiger partial charge on any atom is 0.253 e. The molecule has 0 radical (unpaired) electrons. The van der Waals surface area contributed by atoms with Crippen LogP contribution in [0.1, 0.15) is 30.0 Å². The largest absolute Gasteiger partial charge is 0.494 e. The molecule has 1 N–H and O–H groups in total. The van der Waals surface area contributed by atoms with Crippen molar-refractivity contribution in [3.05, 3.63) is 63.7 Å². The van der Waals surface area contributed by atoms with Crippen LogP contribution in [-0.4, -0.2) is 25.0 Å². The van der Waals surface area contributed by atoms with Gasteiger partial charge in [0.05, 0.1) is 24.3 Å². The number of ether oxygens (including phenoxy) is 1. The molecule has 0 aromatic heterocycles. The molecule has 1 aliphatic rings. The van der Waals surface area contributed by atoms with Gasteiger partial charge >= 0.3 is 0 Å². The average molecular weight is 378 g/mol. The molecular formula is C23H26N2O3. The number of nitrogens with zero attached hydrogens (tertiary/aromatic N) is 1. The van der Waals surface area contributed by atoms with Crippen molar-refractivity contribution in [3.63, 3.8) is 0 Å². The fraction of sp³-hybridized carbons (Fsp3) is 0.348. The molecule has 1 heterocycles. The molecule has 0 saturated heterocycles. The summed E-state index contributed by atoms with van der Waals surface area (Å²) >= 11 is 0. The van der Waals surface area contributed by atoms with E-state index in [-0.39, 0.29) is 17.7 Å². The number of fused-ring (bicyclic) bond motifs is 1. The Morgan fingerprint density at radius 1 is 1.14 bits per heavy atom. The van der Waals surface area contributed by atoms with E-state index in [0.29, 0.717) is 26.0 Å². The van der Waals surface area contributed by atoms with Gasteiger partial charge < -0.3 is 10.1 Å². The number of hydrogen-bond donors (Lipinski definition) is 1. The van der Waals surface area contributed by atoms with Crippen LogP contribution in [0, 0.1) is 19.8 Å². The number of hydrogen-bond acceptors (Lipinski definition) is 3. The van der Waals surface area contributed by atoms with E-state index in [1.54, 1.807) is 0 Å². The predicted octanol–water partition coefficient (Wildman–Crippen LogP) is 2.01. The fourth-order valence-electron chi connectivity index (χ4n) is 3.28. The molecule has 2 aromatic carbocycles. The summed E-state index contributed by atoms with van der Waals surface area (Å²) in [5.41, 5.74) is 3.10. The molecule has 28 heavy (non-hydrogen) atoms. The van der Waals surface area contributed by atoms with E-state index in [4.69, 9.17) is 4.74 Å². The Morgan fingerprint density at radius 3 is 2.61 bits per heavy atom. The van der Waals surface area contributed by atoms with Gasteiger partial charge in [0.1, 0.15) is 5.75 Å². The third-order valence-corrected chi connectivity index (χ3v) is 5.03. The molecule has 5 heteroatoms. The van der Waals surface area contributed by atoms with E-state index in [1.807, 2.05) is 63.2 Å². The quantitative estimate of drug-likeness (QED) is 0.801. The van der Waals surface area contributed by atoms with E-state index in [0.717, 1.165) is 33.0 Å². The highest BCUT2D eigenvalue weighted by atomic mass is 16.5. The SMILES string of the molecule is CCOc1ccc(CC(=O)NCCC2C=c3ccc(C)c(C)c3=NC2=O)cc1. The number of nitrogens with one attached hydrogen (secondary N) is 1.